The van der Waals surface area contributed by atoms with Gasteiger partial charge in [0.25, 0.3) is 0 Å². The van der Waals surface area contributed by atoms with Crippen molar-refractivity contribution in [2.45, 2.75) is 62.9 Å². The lowest BCUT2D eigenvalue weighted by molar-refractivity contribution is -0.108. The molecule has 0 aliphatic heterocycles. The fraction of sp³-hybridized carbons (Fsp3) is 0.297. The Balaban J connectivity index is 0.000000218. The number of anilines is 1. The number of hydrogen-bond donors (Lipinski definition) is 2. The van der Waals surface area contributed by atoms with Gasteiger partial charge in [-0.3, -0.25) is 0 Å². The molecule has 0 saturated heterocycles. The molecule has 1 fully saturated rings. The van der Waals surface area contributed by atoms with Gasteiger partial charge in [-0.25, -0.2) is 26.7 Å². The maximum atomic E-state index is 13.7. The van der Waals surface area contributed by atoms with Crippen LogP contribution in [0.2, 0.25) is 0 Å². The van der Waals surface area contributed by atoms with E-state index in [2.05, 4.69) is 24.3 Å². The van der Waals surface area contributed by atoms with Crippen molar-refractivity contribution < 1.29 is 37.4 Å². The number of nitrogens with zero attached hydrogens (tertiary/aromatic N) is 2. The number of aromatic carboxylic acids is 1. The molecule has 11 heteroatoms. The molecule has 4 aromatic carbocycles. The van der Waals surface area contributed by atoms with E-state index in [0.29, 0.717) is 24.8 Å². The summed E-state index contributed by atoms with van der Waals surface area (Å²) in [6.07, 6.45) is 7.24. The highest BCUT2D eigenvalue weighted by Crippen LogP contribution is 2.33. The number of carbonyl (C=O) groups is 2. The summed E-state index contributed by atoms with van der Waals surface area (Å²) in [5, 5.41) is 18.8. The Labute approximate surface area is 282 Å². The Hall–Kier alpha value is -4.35. The first-order chi connectivity index (χ1) is 23.0. The first kappa shape index (κ1) is 36.5. The molecular formula is C37H38F4N2O4S. The number of halogens is 4. The number of aromatic hydroxyl groups is 1. The molecule has 48 heavy (non-hydrogen) atoms. The SMILES string of the molecule is CN(Cc1ccc(C2CCCCC2)cc1)c1ccc(C(=O)O)c(O)c1.Cc1ccc(SN(CC=O)Cc2cc(F)c(F)c(F)c2F)cc1. The predicted octanol–water partition coefficient (Wildman–Crippen LogP) is 9.03. The van der Waals surface area contributed by atoms with Crippen molar-refractivity contribution in [2.75, 3.05) is 18.5 Å². The number of aldehydes is 1. The van der Waals surface area contributed by atoms with Gasteiger partial charge in [-0.2, -0.15) is 0 Å². The third kappa shape index (κ3) is 9.84. The van der Waals surface area contributed by atoms with Gasteiger partial charge in [-0.15, -0.1) is 0 Å². The Morgan fingerprint density at radius 2 is 1.54 bits per heavy atom. The second-order valence-electron chi connectivity index (χ2n) is 11.8. The smallest absolute Gasteiger partial charge is 0.339 e. The van der Waals surface area contributed by atoms with Gasteiger partial charge in [0.2, 0.25) is 0 Å². The van der Waals surface area contributed by atoms with Crippen molar-refractivity contribution >= 4 is 29.9 Å². The highest BCUT2D eigenvalue weighted by molar-refractivity contribution is 7.97. The van der Waals surface area contributed by atoms with Crippen LogP contribution in [0.3, 0.4) is 0 Å². The van der Waals surface area contributed by atoms with Gasteiger partial charge in [-0.05, 0) is 79.1 Å². The molecule has 0 atom stereocenters. The second-order valence-corrected chi connectivity index (χ2v) is 13.0. The summed E-state index contributed by atoms with van der Waals surface area (Å²) in [4.78, 5) is 24.5. The van der Waals surface area contributed by atoms with Crippen LogP contribution in [0.15, 0.2) is 77.7 Å². The Morgan fingerprint density at radius 3 is 2.15 bits per heavy atom. The number of carboxylic acids is 1. The largest absolute Gasteiger partial charge is 0.507 e. The lowest BCUT2D eigenvalue weighted by atomic mass is 9.84. The molecule has 1 aliphatic carbocycles. The second kappa shape index (κ2) is 17.2. The molecule has 4 aromatic rings. The summed E-state index contributed by atoms with van der Waals surface area (Å²) in [5.41, 5.74) is 4.04. The Kier molecular flexibility index (Phi) is 13.0. The van der Waals surface area contributed by atoms with E-state index in [9.17, 15) is 32.3 Å². The first-order valence-electron chi connectivity index (χ1n) is 15.6. The average Bonchev–Trinajstić information content (AvgIpc) is 3.08. The van der Waals surface area contributed by atoms with Crippen LogP contribution in [0.1, 0.15) is 70.6 Å². The fourth-order valence-corrected chi connectivity index (χ4v) is 6.42. The molecule has 0 radical (unpaired) electrons. The molecule has 6 nitrogen and oxygen atoms in total. The fourth-order valence-electron chi connectivity index (χ4n) is 5.53. The van der Waals surface area contributed by atoms with Gasteiger partial charge >= 0.3 is 5.97 Å². The van der Waals surface area contributed by atoms with Gasteiger partial charge in [0.1, 0.15) is 17.6 Å². The van der Waals surface area contributed by atoms with Crippen LogP contribution in [0.5, 0.6) is 5.75 Å². The summed E-state index contributed by atoms with van der Waals surface area (Å²) in [6.45, 7) is 2.28. The van der Waals surface area contributed by atoms with Crippen molar-refractivity contribution in [3.63, 3.8) is 0 Å². The average molecular weight is 683 g/mol. The van der Waals surface area contributed by atoms with Crippen LogP contribution in [-0.4, -0.2) is 40.4 Å². The molecule has 0 bridgehead atoms. The zero-order valence-electron chi connectivity index (χ0n) is 26.8. The van der Waals surface area contributed by atoms with Crippen LogP contribution in [0, 0.1) is 30.2 Å². The minimum atomic E-state index is -1.86. The molecule has 2 N–H and O–H groups in total. The summed E-state index contributed by atoms with van der Waals surface area (Å²) in [6, 6.07) is 21.4. The van der Waals surface area contributed by atoms with Crippen molar-refractivity contribution in [1.82, 2.24) is 4.31 Å². The molecule has 0 heterocycles. The number of benzene rings is 4. The third-order valence-corrected chi connectivity index (χ3v) is 9.21. The number of rotatable bonds is 11. The van der Waals surface area contributed by atoms with E-state index in [0.717, 1.165) is 28.1 Å². The Bertz CT molecular complexity index is 1700. The third-order valence-electron chi connectivity index (χ3n) is 8.19. The molecule has 0 aromatic heterocycles. The van der Waals surface area contributed by atoms with E-state index in [1.165, 1.54) is 59.7 Å². The topological polar surface area (TPSA) is 81.1 Å². The molecule has 0 spiro atoms. The van der Waals surface area contributed by atoms with Gasteiger partial charge in [0.15, 0.2) is 23.3 Å². The van der Waals surface area contributed by atoms with Gasteiger partial charge in [0.05, 0.1) is 6.54 Å². The summed E-state index contributed by atoms with van der Waals surface area (Å²) in [7, 11) is 1.93. The zero-order valence-corrected chi connectivity index (χ0v) is 27.6. The highest BCUT2D eigenvalue weighted by atomic mass is 32.2. The number of hydrogen-bond acceptors (Lipinski definition) is 6. The van der Waals surface area contributed by atoms with Crippen LogP contribution in [0.4, 0.5) is 23.2 Å². The minimum Gasteiger partial charge on any atom is -0.507 e. The number of phenols is 1. The van der Waals surface area contributed by atoms with E-state index >= 15 is 0 Å². The number of aryl methyl sites for hydroxylation is 1. The summed E-state index contributed by atoms with van der Waals surface area (Å²) in [5.74, 6) is -7.24. The van der Waals surface area contributed by atoms with Crippen LogP contribution in [0.25, 0.3) is 0 Å². The monoisotopic (exact) mass is 682 g/mol. The molecule has 0 amide bonds. The molecule has 0 unspecified atom stereocenters. The minimum absolute atomic E-state index is 0.0750. The van der Waals surface area contributed by atoms with E-state index in [1.54, 1.807) is 18.2 Å². The van der Waals surface area contributed by atoms with Gasteiger partial charge in [-0.1, -0.05) is 61.2 Å². The lowest BCUT2D eigenvalue weighted by Crippen LogP contribution is -2.19. The van der Waals surface area contributed by atoms with Crippen molar-refractivity contribution in [3.8, 4) is 5.75 Å². The highest BCUT2D eigenvalue weighted by Gasteiger charge is 2.21. The molecule has 1 saturated carbocycles. The number of carbonyl (C=O) groups excluding carboxylic acids is 1. The van der Waals surface area contributed by atoms with Gasteiger partial charge < -0.3 is 19.9 Å². The van der Waals surface area contributed by atoms with Crippen LogP contribution in [-0.2, 0) is 17.9 Å². The van der Waals surface area contributed by atoms with Crippen LogP contribution >= 0.6 is 11.9 Å². The molecule has 5 rings (SSSR count). The predicted molar refractivity (Wildman–Crippen MR) is 179 cm³/mol. The zero-order chi connectivity index (χ0) is 34.8. The maximum absolute atomic E-state index is 13.7. The maximum Gasteiger partial charge on any atom is 0.339 e. The van der Waals surface area contributed by atoms with Gasteiger partial charge in [0, 0.05) is 42.3 Å². The van der Waals surface area contributed by atoms with E-state index < -0.39 is 29.2 Å². The normalized spacial score (nSPS) is 13.1. The van der Waals surface area contributed by atoms with Crippen LogP contribution < -0.4 is 4.90 Å². The molecule has 254 valence electrons. The molecule has 1 aliphatic rings. The summed E-state index contributed by atoms with van der Waals surface area (Å²) >= 11 is 1.14. The Morgan fingerprint density at radius 1 is 0.875 bits per heavy atom. The van der Waals surface area contributed by atoms with Crippen molar-refractivity contribution in [3.05, 3.63) is 124 Å². The van der Waals surface area contributed by atoms with Crippen molar-refractivity contribution in [1.29, 1.82) is 0 Å². The standard InChI is InChI=1S/C21H25NO3.C16H13F4NOS/c1-22(18-11-12-19(21(24)25)20(23)13-18)14-15-7-9-17(10-8-15)16-5-3-2-4-6-16;1-10-2-4-12(5-3-10)23-21(6-7-22)9-11-8-13(17)15(19)16(20)14(11)18/h7-13,16,23H,2-6,14H2,1H3,(H,24,25);2-5,7-8H,6,9H2,1H3. The quantitative estimate of drug-likeness (QED) is 0.0537. The lowest BCUT2D eigenvalue weighted by Gasteiger charge is -2.23. The number of carboxylic acid groups (broad SMARTS) is 1. The first-order valence-corrected chi connectivity index (χ1v) is 16.4. The van der Waals surface area contributed by atoms with E-state index in [-0.39, 0.29) is 30.0 Å². The molecular weight excluding hydrogens is 644 g/mol. The van der Waals surface area contributed by atoms with E-state index in [1.807, 2.05) is 31.0 Å². The van der Waals surface area contributed by atoms with E-state index in [4.69, 9.17) is 5.11 Å². The van der Waals surface area contributed by atoms with Crippen molar-refractivity contribution in [2.24, 2.45) is 0 Å². The summed E-state index contributed by atoms with van der Waals surface area (Å²) < 4.78 is 54.7.